The predicted octanol–water partition coefficient (Wildman–Crippen LogP) is 9.92. The van der Waals surface area contributed by atoms with Gasteiger partial charge < -0.3 is 14.5 Å². The largest absolute Gasteiger partial charge is 0.392 e. The standard InChI is InChI=1S/C56H54N4O3/c57-43-55(47-23-11-3-12-24-47,48-25-13-4-14-26-48)35-41-59-37-31-53(32-38-59,45-19-7-1-8-20-45)51(61)63-52(62)54(46-21-9-2-10-22-46)33-39-60(40-34-54)42-36-56(44-58,49-27-15-5-16-28-49)50-29-17-6-18-30-50/h1-30H,31-42H2. The molecule has 63 heavy (non-hydrogen) atoms. The zero-order valence-corrected chi connectivity index (χ0v) is 35.8. The van der Waals surface area contributed by atoms with E-state index in [1.165, 1.54) is 0 Å². The van der Waals surface area contributed by atoms with Gasteiger partial charge in [0.25, 0.3) is 0 Å². The maximum atomic E-state index is 14.8. The first-order valence-corrected chi connectivity index (χ1v) is 22.2. The summed E-state index contributed by atoms with van der Waals surface area (Å²) in [5, 5.41) is 21.6. The number of nitrogens with zero attached hydrogens (tertiary/aromatic N) is 4. The van der Waals surface area contributed by atoms with Crippen molar-refractivity contribution in [1.82, 2.24) is 9.80 Å². The maximum absolute atomic E-state index is 14.8. The van der Waals surface area contributed by atoms with E-state index in [1.54, 1.807) is 0 Å². The number of hydrogen-bond acceptors (Lipinski definition) is 7. The van der Waals surface area contributed by atoms with Crippen LogP contribution >= 0.6 is 0 Å². The molecule has 0 radical (unpaired) electrons. The van der Waals surface area contributed by atoms with E-state index in [9.17, 15) is 20.1 Å². The summed E-state index contributed by atoms with van der Waals surface area (Å²) < 4.78 is 6.21. The van der Waals surface area contributed by atoms with Gasteiger partial charge in [-0.25, -0.2) is 0 Å². The SMILES string of the molecule is N#CC(CCN1CCC(C(=O)OC(=O)C2(c3ccccc3)CCN(CCC(C#N)(c3ccccc3)c3ccccc3)CC2)(c2ccccc2)CC1)(c1ccccc1)c1ccccc1. The summed E-state index contributed by atoms with van der Waals surface area (Å²) in [6.45, 7) is 3.76. The van der Waals surface area contributed by atoms with Gasteiger partial charge in [-0.15, -0.1) is 0 Å². The van der Waals surface area contributed by atoms with E-state index in [0.717, 1.165) is 33.4 Å². The van der Waals surface area contributed by atoms with E-state index in [1.807, 2.05) is 182 Å². The van der Waals surface area contributed by atoms with Crippen molar-refractivity contribution in [3.05, 3.63) is 215 Å². The van der Waals surface area contributed by atoms with Crippen LogP contribution in [0.4, 0.5) is 0 Å². The van der Waals surface area contributed by atoms with Crippen molar-refractivity contribution in [2.45, 2.75) is 60.2 Å². The molecular weight excluding hydrogens is 777 g/mol. The second-order valence-electron chi connectivity index (χ2n) is 17.3. The van der Waals surface area contributed by atoms with Crippen molar-refractivity contribution in [1.29, 1.82) is 10.5 Å². The number of likely N-dealkylation sites (tertiary alicyclic amines) is 2. The fraction of sp³-hybridized carbons (Fsp3) is 0.286. The average Bonchev–Trinajstić information content (AvgIpc) is 3.37. The number of carbonyl (C=O) groups excluding carboxylic acids is 2. The van der Waals surface area contributed by atoms with E-state index < -0.39 is 33.6 Å². The highest BCUT2D eigenvalue weighted by atomic mass is 16.6. The molecule has 2 fully saturated rings. The van der Waals surface area contributed by atoms with Crippen molar-refractivity contribution in [3.8, 4) is 12.1 Å². The minimum atomic E-state index is -1.01. The van der Waals surface area contributed by atoms with Crippen LogP contribution in [0.25, 0.3) is 0 Å². The molecule has 2 saturated heterocycles. The zero-order valence-electron chi connectivity index (χ0n) is 35.8. The van der Waals surface area contributed by atoms with E-state index in [2.05, 4.69) is 21.9 Å². The Morgan fingerprint density at radius 3 is 0.952 bits per heavy atom. The fourth-order valence-electron chi connectivity index (χ4n) is 10.2. The van der Waals surface area contributed by atoms with Crippen molar-refractivity contribution < 1.29 is 14.3 Å². The van der Waals surface area contributed by atoms with Gasteiger partial charge in [-0.3, -0.25) is 9.59 Å². The highest BCUT2D eigenvalue weighted by Crippen LogP contribution is 2.43. The third-order valence-corrected chi connectivity index (χ3v) is 14.1. The number of carbonyl (C=O) groups is 2. The summed E-state index contributed by atoms with van der Waals surface area (Å²) in [5.74, 6) is -0.999. The second-order valence-corrected chi connectivity index (χ2v) is 17.3. The number of rotatable bonds is 14. The minimum absolute atomic E-state index is 0.481. The van der Waals surface area contributed by atoms with Crippen LogP contribution in [0.2, 0.25) is 0 Å². The van der Waals surface area contributed by atoms with Crippen LogP contribution in [0, 0.1) is 22.7 Å². The van der Waals surface area contributed by atoms with Gasteiger partial charge in [0.1, 0.15) is 10.8 Å². The first kappa shape index (κ1) is 43.0. The van der Waals surface area contributed by atoms with Crippen LogP contribution < -0.4 is 0 Å². The molecule has 0 atom stereocenters. The molecule has 0 aromatic heterocycles. The molecule has 0 saturated carbocycles. The molecule has 0 N–H and O–H groups in total. The molecule has 0 bridgehead atoms. The van der Waals surface area contributed by atoms with E-state index >= 15 is 0 Å². The number of piperidine rings is 2. The molecule has 8 rings (SSSR count). The highest BCUT2D eigenvalue weighted by molar-refractivity contribution is 5.97. The number of nitriles is 2. The number of esters is 2. The number of benzene rings is 6. The Morgan fingerprint density at radius 2 is 0.698 bits per heavy atom. The summed E-state index contributed by atoms with van der Waals surface area (Å²) in [5.41, 5.74) is 1.88. The average molecular weight is 831 g/mol. The monoisotopic (exact) mass is 830 g/mol. The Labute approximate surface area is 372 Å². The Morgan fingerprint density at radius 1 is 0.444 bits per heavy atom. The van der Waals surface area contributed by atoms with E-state index in [-0.39, 0.29) is 0 Å². The quantitative estimate of drug-likeness (QED) is 0.0797. The van der Waals surface area contributed by atoms with E-state index in [0.29, 0.717) is 77.8 Å². The molecule has 0 amide bonds. The first-order chi connectivity index (χ1) is 30.9. The summed E-state index contributed by atoms with van der Waals surface area (Å²) >= 11 is 0. The smallest absolute Gasteiger partial charge is 0.324 e. The van der Waals surface area contributed by atoms with Crippen LogP contribution in [0.1, 0.15) is 71.9 Å². The van der Waals surface area contributed by atoms with Gasteiger partial charge in [0.2, 0.25) is 0 Å². The second kappa shape index (κ2) is 19.2. The molecular formula is C56H54N4O3. The summed E-state index contributed by atoms with van der Waals surface area (Å²) in [6.07, 6.45) is 3.10. The van der Waals surface area contributed by atoms with Crippen molar-refractivity contribution in [2.24, 2.45) is 0 Å². The number of hydrogen-bond donors (Lipinski definition) is 0. The van der Waals surface area contributed by atoms with Crippen LogP contribution in [-0.4, -0.2) is 61.0 Å². The Bertz CT molecular complexity index is 2250. The van der Waals surface area contributed by atoms with Crippen LogP contribution in [0.3, 0.4) is 0 Å². The van der Waals surface area contributed by atoms with Crippen LogP contribution in [0.15, 0.2) is 182 Å². The van der Waals surface area contributed by atoms with Crippen molar-refractivity contribution in [2.75, 3.05) is 39.3 Å². The molecule has 0 unspecified atom stereocenters. The van der Waals surface area contributed by atoms with Crippen LogP contribution in [0.5, 0.6) is 0 Å². The Balaban J connectivity index is 0.989. The molecule has 316 valence electrons. The van der Waals surface area contributed by atoms with Gasteiger partial charge in [-0.1, -0.05) is 182 Å². The number of ether oxygens (including phenoxy) is 1. The van der Waals surface area contributed by atoms with Crippen molar-refractivity contribution >= 4 is 11.9 Å². The molecule has 7 heteroatoms. The third-order valence-electron chi connectivity index (χ3n) is 14.1. The molecule has 2 aliphatic rings. The fourth-order valence-corrected chi connectivity index (χ4v) is 10.2. The summed E-state index contributed by atoms with van der Waals surface area (Å²) in [7, 11) is 0. The molecule has 6 aromatic rings. The van der Waals surface area contributed by atoms with Gasteiger partial charge in [0, 0.05) is 13.1 Å². The van der Waals surface area contributed by atoms with Gasteiger partial charge in [-0.05, 0) is 98.1 Å². The topological polar surface area (TPSA) is 97.4 Å². The third kappa shape index (κ3) is 8.60. The zero-order chi connectivity index (χ0) is 43.6. The lowest BCUT2D eigenvalue weighted by molar-refractivity contribution is -0.170. The maximum Gasteiger partial charge on any atom is 0.324 e. The predicted molar refractivity (Wildman–Crippen MR) is 246 cm³/mol. The molecule has 0 aliphatic carbocycles. The lowest BCUT2D eigenvalue weighted by atomic mass is 9.70. The molecule has 2 heterocycles. The van der Waals surface area contributed by atoms with Gasteiger partial charge in [0.05, 0.1) is 23.0 Å². The van der Waals surface area contributed by atoms with Crippen molar-refractivity contribution in [3.63, 3.8) is 0 Å². The van der Waals surface area contributed by atoms with E-state index in [4.69, 9.17) is 4.74 Å². The molecule has 7 nitrogen and oxygen atoms in total. The lowest BCUT2D eigenvalue weighted by Gasteiger charge is -2.43. The molecule has 0 spiro atoms. The van der Waals surface area contributed by atoms with Gasteiger partial charge in [-0.2, -0.15) is 10.5 Å². The summed E-state index contributed by atoms with van der Waals surface area (Å²) in [4.78, 5) is 34.3. The minimum Gasteiger partial charge on any atom is -0.392 e. The Kier molecular flexibility index (Phi) is 13.1. The lowest BCUT2D eigenvalue weighted by Crippen LogP contribution is -2.52. The van der Waals surface area contributed by atoms with Crippen LogP contribution in [-0.2, 0) is 36.0 Å². The molecule has 2 aliphatic heterocycles. The normalized spacial score (nSPS) is 16.5. The summed E-state index contributed by atoms with van der Waals surface area (Å²) in [6, 6.07) is 64.9. The Hall–Kier alpha value is -6.64. The molecule has 6 aromatic carbocycles. The first-order valence-electron chi connectivity index (χ1n) is 22.2. The van der Waals surface area contributed by atoms with Gasteiger partial charge >= 0.3 is 11.9 Å². The highest BCUT2D eigenvalue weighted by Gasteiger charge is 2.50. The van der Waals surface area contributed by atoms with Gasteiger partial charge in [0.15, 0.2) is 0 Å².